The van der Waals surface area contributed by atoms with Gasteiger partial charge in [-0.15, -0.1) is 10.2 Å². The Bertz CT molecular complexity index is 950. The quantitative estimate of drug-likeness (QED) is 0.479. The van der Waals surface area contributed by atoms with E-state index in [1.54, 1.807) is 36.9 Å². The molecule has 0 unspecified atom stereocenters. The van der Waals surface area contributed by atoms with Crippen LogP contribution in [0.4, 0.5) is 0 Å². The van der Waals surface area contributed by atoms with Crippen LogP contribution in [0.25, 0.3) is 0 Å². The first kappa shape index (κ1) is 21.8. The van der Waals surface area contributed by atoms with Gasteiger partial charge in [-0.25, -0.2) is 8.42 Å². The van der Waals surface area contributed by atoms with Crippen molar-refractivity contribution in [2.24, 2.45) is 0 Å². The summed E-state index contributed by atoms with van der Waals surface area (Å²) >= 11 is 1.61. The number of amides is 1. The zero-order chi connectivity index (χ0) is 20.9. The van der Waals surface area contributed by atoms with Crippen LogP contribution in [-0.2, 0) is 16.3 Å². The molecule has 2 aromatic rings. The molecule has 1 fully saturated rings. The van der Waals surface area contributed by atoms with Gasteiger partial charge in [-0.2, -0.15) is 0 Å². The summed E-state index contributed by atoms with van der Waals surface area (Å²) in [5.74, 6) is 0.565. The van der Waals surface area contributed by atoms with E-state index in [1.807, 2.05) is 6.26 Å². The number of benzene rings is 1. The molecular weight excluding hydrogens is 408 g/mol. The third kappa shape index (κ3) is 5.01. The molecule has 1 aromatic carbocycles. The van der Waals surface area contributed by atoms with Crippen molar-refractivity contribution >= 4 is 27.5 Å². The first-order chi connectivity index (χ1) is 14.0. The predicted molar refractivity (Wildman–Crippen MR) is 114 cm³/mol. The van der Waals surface area contributed by atoms with Crippen molar-refractivity contribution < 1.29 is 13.2 Å². The lowest BCUT2D eigenvalue weighted by Crippen LogP contribution is -2.27. The summed E-state index contributed by atoms with van der Waals surface area (Å²) in [4.78, 5) is 12.6. The number of carbonyl (C=O) groups is 1. The number of sulfone groups is 1. The molecule has 0 atom stereocenters. The molecule has 0 aliphatic heterocycles. The van der Waals surface area contributed by atoms with E-state index >= 15 is 0 Å². The minimum absolute atomic E-state index is 0.0358. The third-order valence-corrected chi connectivity index (χ3v) is 7.75. The third-order valence-electron chi connectivity index (χ3n) is 5.32. The van der Waals surface area contributed by atoms with Gasteiger partial charge in [0.1, 0.15) is 5.82 Å². The molecule has 1 aromatic heterocycles. The largest absolute Gasteiger partial charge is 0.352 e. The Morgan fingerprint density at radius 2 is 1.97 bits per heavy atom. The maximum absolute atomic E-state index is 12.6. The van der Waals surface area contributed by atoms with E-state index in [-0.39, 0.29) is 22.1 Å². The maximum atomic E-state index is 12.6. The van der Waals surface area contributed by atoms with Crippen LogP contribution in [0.2, 0.25) is 0 Å². The van der Waals surface area contributed by atoms with Crippen LogP contribution >= 0.6 is 11.8 Å². The van der Waals surface area contributed by atoms with Gasteiger partial charge in [0.25, 0.3) is 5.91 Å². The summed E-state index contributed by atoms with van der Waals surface area (Å²) in [7, 11) is -3.45. The molecule has 1 aliphatic rings. The first-order valence-corrected chi connectivity index (χ1v) is 12.9. The van der Waals surface area contributed by atoms with E-state index in [0.717, 1.165) is 30.2 Å². The standard InChI is InChI=1S/C20H28N4O3S2/c1-3-29(26,27)17-12-7-6-11-16(17)19(25)21-14-8-13-18-22-23-20(28-2)24(18)15-9-4-5-10-15/h6-7,11-12,15H,3-5,8-10,13-14H2,1-2H3,(H,21,25). The molecule has 0 bridgehead atoms. The fourth-order valence-corrected chi connectivity index (χ4v) is 5.44. The highest BCUT2D eigenvalue weighted by molar-refractivity contribution is 7.98. The molecule has 0 radical (unpaired) electrons. The SMILES string of the molecule is CCS(=O)(=O)c1ccccc1C(=O)NCCCc1nnc(SC)n1C1CCCC1. The molecule has 1 N–H and O–H groups in total. The summed E-state index contributed by atoms with van der Waals surface area (Å²) in [6, 6.07) is 6.83. The first-order valence-electron chi connectivity index (χ1n) is 10.1. The smallest absolute Gasteiger partial charge is 0.252 e. The molecule has 1 saturated carbocycles. The fraction of sp³-hybridized carbons (Fsp3) is 0.550. The molecule has 0 saturated heterocycles. The van der Waals surface area contributed by atoms with Crippen LogP contribution < -0.4 is 5.32 Å². The van der Waals surface area contributed by atoms with E-state index in [2.05, 4.69) is 20.1 Å². The Morgan fingerprint density at radius 3 is 2.66 bits per heavy atom. The lowest BCUT2D eigenvalue weighted by molar-refractivity contribution is 0.0950. The monoisotopic (exact) mass is 436 g/mol. The van der Waals surface area contributed by atoms with Gasteiger partial charge in [0.15, 0.2) is 15.0 Å². The second-order valence-electron chi connectivity index (χ2n) is 7.17. The van der Waals surface area contributed by atoms with Gasteiger partial charge >= 0.3 is 0 Å². The minimum Gasteiger partial charge on any atom is -0.352 e. The summed E-state index contributed by atoms with van der Waals surface area (Å²) in [5.41, 5.74) is 0.202. The lowest BCUT2D eigenvalue weighted by atomic mass is 10.2. The molecule has 29 heavy (non-hydrogen) atoms. The number of hydrogen-bond donors (Lipinski definition) is 1. The van der Waals surface area contributed by atoms with Crippen molar-refractivity contribution in [1.29, 1.82) is 0 Å². The molecule has 1 aliphatic carbocycles. The number of rotatable bonds is 9. The number of aromatic nitrogens is 3. The second-order valence-corrected chi connectivity index (χ2v) is 10.2. The Balaban J connectivity index is 1.61. The molecule has 9 heteroatoms. The summed E-state index contributed by atoms with van der Waals surface area (Å²) in [5, 5.41) is 12.5. The van der Waals surface area contributed by atoms with Gasteiger partial charge in [-0.1, -0.05) is 43.7 Å². The van der Waals surface area contributed by atoms with Crippen molar-refractivity contribution in [3.05, 3.63) is 35.7 Å². The van der Waals surface area contributed by atoms with E-state index in [9.17, 15) is 13.2 Å². The van der Waals surface area contributed by atoms with Gasteiger partial charge in [-0.05, 0) is 37.7 Å². The highest BCUT2D eigenvalue weighted by Crippen LogP contribution is 2.33. The second kappa shape index (κ2) is 9.75. The van der Waals surface area contributed by atoms with Crippen molar-refractivity contribution in [2.45, 2.75) is 61.5 Å². The Labute approximate surface area is 176 Å². The number of hydrogen-bond acceptors (Lipinski definition) is 6. The molecule has 1 amide bonds. The normalized spacial score (nSPS) is 15.0. The Morgan fingerprint density at radius 1 is 1.24 bits per heavy atom. The topological polar surface area (TPSA) is 93.9 Å². The number of nitrogens with one attached hydrogen (secondary N) is 1. The fourth-order valence-electron chi connectivity index (χ4n) is 3.77. The van der Waals surface area contributed by atoms with Gasteiger partial charge in [-0.3, -0.25) is 4.79 Å². The highest BCUT2D eigenvalue weighted by atomic mass is 32.2. The maximum Gasteiger partial charge on any atom is 0.252 e. The molecule has 1 heterocycles. The van der Waals surface area contributed by atoms with Gasteiger partial charge in [0, 0.05) is 19.0 Å². The van der Waals surface area contributed by atoms with Crippen LogP contribution in [0, 0.1) is 0 Å². The van der Waals surface area contributed by atoms with Crippen LogP contribution in [0.15, 0.2) is 34.3 Å². The zero-order valence-electron chi connectivity index (χ0n) is 16.9. The van der Waals surface area contributed by atoms with E-state index < -0.39 is 9.84 Å². The number of thioether (sulfide) groups is 1. The molecule has 158 valence electrons. The van der Waals surface area contributed by atoms with Crippen LogP contribution in [0.3, 0.4) is 0 Å². The van der Waals surface area contributed by atoms with Gasteiger partial charge < -0.3 is 9.88 Å². The number of nitrogens with zero attached hydrogens (tertiary/aromatic N) is 3. The molecule has 7 nitrogen and oxygen atoms in total. The predicted octanol–water partition coefficient (Wildman–Crippen LogP) is 3.27. The van der Waals surface area contributed by atoms with Crippen LogP contribution in [0.5, 0.6) is 0 Å². The zero-order valence-corrected chi connectivity index (χ0v) is 18.6. The van der Waals surface area contributed by atoms with E-state index in [1.165, 1.54) is 18.9 Å². The Hall–Kier alpha value is -1.87. The van der Waals surface area contributed by atoms with Crippen molar-refractivity contribution in [2.75, 3.05) is 18.6 Å². The molecule has 3 rings (SSSR count). The van der Waals surface area contributed by atoms with Gasteiger partial charge in [0.05, 0.1) is 16.2 Å². The van der Waals surface area contributed by atoms with Crippen LogP contribution in [-0.4, -0.2) is 47.6 Å². The number of carbonyl (C=O) groups excluding carboxylic acids is 1. The lowest BCUT2D eigenvalue weighted by Gasteiger charge is -2.16. The van der Waals surface area contributed by atoms with Crippen LogP contribution in [0.1, 0.15) is 61.3 Å². The van der Waals surface area contributed by atoms with Crippen molar-refractivity contribution in [3.8, 4) is 0 Å². The Kier molecular flexibility index (Phi) is 7.34. The van der Waals surface area contributed by atoms with E-state index in [4.69, 9.17) is 0 Å². The molecule has 0 spiro atoms. The summed E-state index contributed by atoms with van der Waals surface area (Å²) in [6.45, 7) is 2.03. The van der Waals surface area contributed by atoms with Crippen molar-refractivity contribution in [3.63, 3.8) is 0 Å². The average molecular weight is 437 g/mol. The number of aryl methyl sites for hydroxylation is 1. The highest BCUT2D eigenvalue weighted by Gasteiger charge is 2.24. The minimum atomic E-state index is -3.45. The molecular formula is C20H28N4O3S2. The van der Waals surface area contributed by atoms with Gasteiger partial charge in [0.2, 0.25) is 0 Å². The summed E-state index contributed by atoms with van der Waals surface area (Å²) in [6.07, 6.45) is 8.27. The average Bonchev–Trinajstić information content (AvgIpc) is 3.40. The van der Waals surface area contributed by atoms with Crippen molar-refractivity contribution in [1.82, 2.24) is 20.1 Å². The van der Waals surface area contributed by atoms with E-state index in [0.29, 0.717) is 19.0 Å². The summed E-state index contributed by atoms with van der Waals surface area (Å²) < 4.78 is 26.7.